The molecule has 3 heterocycles. The smallest absolute Gasteiger partial charge is 0.347 e. The Morgan fingerprint density at radius 3 is 2.55 bits per heavy atom. The quantitative estimate of drug-likeness (QED) is 0.916. The van der Waals surface area contributed by atoms with Crippen LogP contribution in [-0.2, 0) is 4.74 Å². The van der Waals surface area contributed by atoms with Crippen LogP contribution >= 0.6 is 11.3 Å². The number of carboxylic acids is 1. The second-order valence-corrected chi connectivity index (χ2v) is 5.68. The highest BCUT2D eigenvalue weighted by atomic mass is 32.1. The highest BCUT2D eigenvalue weighted by molar-refractivity contribution is 7.14. The summed E-state index contributed by atoms with van der Waals surface area (Å²) >= 11 is 1.13. The first kappa shape index (κ1) is 14.6. The van der Waals surface area contributed by atoms with Crippen LogP contribution in [0.5, 0.6) is 0 Å². The summed E-state index contributed by atoms with van der Waals surface area (Å²) < 4.78 is 5.30. The van der Waals surface area contributed by atoms with Crippen LogP contribution in [0.25, 0.3) is 12.2 Å². The standard InChI is InChI=1S/C14H14N4O3S/c19-13(20)11-9-15-12(22-11)2-1-10-7-16-14(17-8-10)18-3-5-21-6-4-18/h1-2,7-9H,3-6H2,(H,19,20)/b2-1+. The highest BCUT2D eigenvalue weighted by Gasteiger charge is 2.13. The number of carbonyl (C=O) groups is 1. The Labute approximate surface area is 130 Å². The zero-order valence-corrected chi connectivity index (χ0v) is 12.5. The van der Waals surface area contributed by atoms with Crippen LogP contribution in [0.4, 0.5) is 5.95 Å². The predicted octanol–water partition coefficient (Wildman–Crippen LogP) is 1.64. The Hall–Kier alpha value is -2.32. The molecule has 0 saturated carbocycles. The molecule has 0 atom stereocenters. The first-order chi connectivity index (χ1) is 10.7. The maximum Gasteiger partial charge on any atom is 0.347 e. The maximum absolute atomic E-state index is 10.8. The molecular weight excluding hydrogens is 304 g/mol. The maximum atomic E-state index is 10.8. The van der Waals surface area contributed by atoms with E-state index in [0.29, 0.717) is 24.2 Å². The van der Waals surface area contributed by atoms with E-state index in [1.807, 2.05) is 6.08 Å². The Kier molecular flexibility index (Phi) is 4.40. The van der Waals surface area contributed by atoms with Gasteiger partial charge in [0, 0.05) is 31.0 Å². The lowest BCUT2D eigenvalue weighted by atomic mass is 10.3. The lowest BCUT2D eigenvalue weighted by Crippen LogP contribution is -2.37. The van der Waals surface area contributed by atoms with Crippen LogP contribution in [0, 0.1) is 0 Å². The molecule has 0 aliphatic carbocycles. The van der Waals surface area contributed by atoms with Crippen LogP contribution in [0.3, 0.4) is 0 Å². The molecule has 2 aromatic rings. The Balaban J connectivity index is 1.67. The molecule has 22 heavy (non-hydrogen) atoms. The van der Waals surface area contributed by atoms with E-state index in [4.69, 9.17) is 9.84 Å². The van der Waals surface area contributed by atoms with Gasteiger partial charge in [-0.2, -0.15) is 0 Å². The van der Waals surface area contributed by atoms with E-state index in [-0.39, 0.29) is 4.88 Å². The van der Waals surface area contributed by atoms with Gasteiger partial charge in [-0.1, -0.05) is 0 Å². The molecule has 1 N–H and O–H groups in total. The Bertz CT molecular complexity index is 678. The number of thiazole rings is 1. The van der Waals surface area contributed by atoms with Crippen LogP contribution < -0.4 is 4.90 Å². The molecule has 0 aromatic carbocycles. The van der Waals surface area contributed by atoms with Crippen molar-refractivity contribution in [1.29, 1.82) is 0 Å². The third kappa shape index (κ3) is 3.46. The van der Waals surface area contributed by atoms with Gasteiger partial charge in [-0.05, 0) is 12.2 Å². The number of hydrogen-bond acceptors (Lipinski definition) is 7. The largest absolute Gasteiger partial charge is 0.477 e. The summed E-state index contributed by atoms with van der Waals surface area (Å²) in [7, 11) is 0. The molecule has 1 aliphatic heterocycles. The van der Waals surface area contributed by atoms with E-state index < -0.39 is 5.97 Å². The fraction of sp³-hybridized carbons (Fsp3) is 0.286. The van der Waals surface area contributed by atoms with Gasteiger partial charge in [-0.3, -0.25) is 0 Å². The van der Waals surface area contributed by atoms with Crippen molar-refractivity contribution in [2.45, 2.75) is 0 Å². The van der Waals surface area contributed by atoms with Crippen LogP contribution in [-0.4, -0.2) is 52.3 Å². The highest BCUT2D eigenvalue weighted by Crippen LogP contribution is 2.16. The minimum atomic E-state index is -0.963. The van der Waals surface area contributed by atoms with Gasteiger partial charge in [0.05, 0.1) is 19.4 Å². The summed E-state index contributed by atoms with van der Waals surface area (Å²) in [4.78, 5) is 25.8. The van der Waals surface area contributed by atoms with Crippen LogP contribution in [0.2, 0.25) is 0 Å². The lowest BCUT2D eigenvalue weighted by Gasteiger charge is -2.26. The predicted molar refractivity (Wildman–Crippen MR) is 83.1 cm³/mol. The third-order valence-electron chi connectivity index (χ3n) is 3.10. The number of ether oxygens (including phenoxy) is 1. The number of nitrogens with zero attached hydrogens (tertiary/aromatic N) is 4. The molecule has 2 aromatic heterocycles. The van der Waals surface area contributed by atoms with Gasteiger partial charge in [0.1, 0.15) is 9.88 Å². The second kappa shape index (κ2) is 6.63. The number of anilines is 1. The van der Waals surface area contributed by atoms with E-state index in [0.717, 1.165) is 30.0 Å². The summed E-state index contributed by atoms with van der Waals surface area (Å²) in [6, 6.07) is 0. The Morgan fingerprint density at radius 2 is 1.91 bits per heavy atom. The average molecular weight is 318 g/mol. The number of rotatable bonds is 4. The van der Waals surface area contributed by atoms with Crippen molar-refractivity contribution < 1.29 is 14.6 Å². The molecule has 0 bridgehead atoms. The molecule has 1 saturated heterocycles. The van der Waals surface area contributed by atoms with Crippen molar-refractivity contribution in [3.8, 4) is 0 Å². The number of aromatic nitrogens is 3. The minimum Gasteiger partial charge on any atom is -0.477 e. The molecule has 0 unspecified atom stereocenters. The van der Waals surface area contributed by atoms with Gasteiger partial charge in [0.2, 0.25) is 5.95 Å². The first-order valence-corrected chi connectivity index (χ1v) is 7.56. The van der Waals surface area contributed by atoms with E-state index in [9.17, 15) is 4.79 Å². The van der Waals surface area contributed by atoms with E-state index >= 15 is 0 Å². The second-order valence-electron chi connectivity index (χ2n) is 4.62. The van der Waals surface area contributed by atoms with E-state index in [1.54, 1.807) is 18.5 Å². The number of aromatic carboxylic acids is 1. The molecule has 1 aliphatic rings. The van der Waals surface area contributed by atoms with Crippen LogP contribution in [0.1, 0.15) is 20.2 Å². The minimum absolute atomic E-state index is 0.221. The van der Waals surface area contributed by atoms with E-state index in [1.165, 1.54) is 6.20 Å². The zero-order valence-electron chi connectivity index (χ0n) is 11.7. The average Bonchev–Trinajstić information content (AvgIpc) is 3.04. The van der Waals surface area contributed by atoms with Gasteiger partial charge in [-0.15, -0.1) is 11.3 Å². The monoisotopic (exact) mass is 318 g/mol. The molecule has 8 heteroatoms. The normalized spacial score (nSPS) is 15.4. The van der Waals surface area contributed by atoms with Gasteiger partial charge in [-0.25, -0.2) is 19.7 Å². The molecule has 3 rings (SSSR count). The fourth-order valence-electron chi connectivity index (χ4n) is 1.97. The van der Waals surface area contributed by atoms with Gasteiger partial charge in [0.25, 0.3) is 0 Å². The molecule has 114 valence electrons. The molecule has 0 spiro atoms. The zero-order chi connectivity index (χ0) is 15.4. The van der Waals surface area contributed by atoms with Crippen molar-refractivity contribution in [2.75, 3.05) is 31.2 Å². The summed E-state index contributed by atoms with van der Waals surface area (Å²) in [6.45, 7) is 2.99. The van der Waals surface area contributed by atoms with Gasteiger partial charge < -0.3 is 14.7 Å². The summed E-state index contributed by atoms with van der Waals surface area (Å²) in [5.41, 5.74) is 0.837. The number of morpholine rings is 1. The molecule has 0 amide bonds. The van der Waals surface area contributed by atoms with Crippen molar-refractivity contribution in [2.24, 2.45) is 0 Å². The van der Waals surface area contributed by atoms with Gasteiger partial charge >= 0.3 is 5.97 Å². The fourth-order valence-corrected chi connectivity index (χ4v) is 2.63. The number of hydrogen-bond donors (Lipinski definition) is 1. The van der Waals surface area contributed by atoms with Crippen LogP contribution in [0.15, 0.2) is 18.6 Å². The summed E-state index contributed by atoms with van der Waals surface area (Å²) in [6.07, 6.45) is 8.39. The van der Waals surface area contributed by atoms with Crippen molar-refractivity contribution in [3.05, 3.63) is 34.0 Å². The number of carboxylic acid groups (broad SMARTS) is 1. The molecular formula is C14H14N4O3S. The SMILES string of the molecule is O=C(O)c1cnc(/C=C/c2cnc(N3CCOCC3)nc2)s1. The van der Waals surface area contributed by atoms with Gasteiger partial charge in [0.15, 0.2) is 0 Å². The first-order valence-electron chi connectivity index (χ1n) is 6.74. The Morgan fingerprint density at radius 1 is 1.18 bits per heavy atom. The summed E-state index contributed by atoms with van der Waals surface area (Å²) in [5, 5.41) is 9.48. The lowest BCUT2D eigenvalue weighted by molar-refractivity contribution is 0.0702. The van der Waals surface area contributed by atoms with Crippen molar-refractivity contribution >= 4 is 35.4 Å². The van der Waals surface area contributed by atoms with E-state index in [2.05, 4.69) is 19.9 Å². The molecule has 1 fully saturated rings. The van der Waals surface area contributed by atoms with Crippen molar-refractivity contribution in [1.82, 2.24) is 15.0 Å². The topological polar surface area (TPSA) is 88.4 Å². The third-order valence-corrected chi connectivity index (χ3v) is 4.06. The summed E-state index contributed by atoms with van der Waals surface area (Å²) in [5.74, 6) is -0.266. The molecule has 7 nitrogen and oxygen atoms in total. The van der Waals surface area contributed by atoms with Crippen molar-refractivity contribution in [3.63, 3.8) is 0 Å². The molecule has 0 radical (unpaired) electrons.